The number of halogens is 1. The molecular weight excluding hydrogens is 264 g/mol. The molecule has 0 radical (unpaired) electrons. The Morgan fingerprint density at radius 2 is 2.43 bits per heavy atom. The molecule has 1 atom stereocenters. The van der Waals surface area contributed by atoms with Crippen molar-refractivity contribution in [2.45, 2.75) is 6.04 Å². The topological polar surface area (TPSA) is 56.7 Å². The predicted octanol–water partition coefficient (Wildman–Crippen LogP) is 1.69. The van der Waals surface area contributed by atoms with Gasteiger partial charge in [0.1, 0.15) is 12.2 Å². The number of aryl methyl sites for hydroxylation is 1. The highest BCUT2D eigenvalue weighted by Gasteiger charge is 2.15. The van der Waals surface area contributed by atoms with E-state index in [1.165, 1.54) is 6.33 Å². The Labute approximate surface area is 93.9 Å². The summed E-state index contributed by atoms with van der Waals surface area (Å²) in [5.74, 6) is 0.773. The van der Waals surface area contributed by atoms with Crippen molar-refractivity contribution in [3.05, 3.63) is 32.9 Å². The lowest BCUT2D eigenvalue weighted by molar-refractivity contribution is 0.660. The summed E-state index contributed by atoms with van der Waals surface area (Å²) in [4.78, 5) is 4.12. The van der Waals surface area contributed by atoms with Crippen molar-refractivity contribution in [3.63, 3.8) is 0 Å². The van der Waals surface area contributed by atoms with Crippen LogP contribution in [0, 0.1) is 0 Å². The minimum atomic E-state index is -0.204. The van der Waals surface area contributed by atoms with Crippen molar-refractivity contribution in [1.29, 1.82) is 0 Å². The third-order valence-corrected chi connectivity index (χ3v) is 3.49. The van der Waals surface area contributed by atoms with Gasteiger partial charge in [-0.25, -0.2) is 4.98 Å². The molecule has 0 bridgehead atoms. The predicted molar refractivity (Wildman–Crippen MR) is 59.1 cm³/mol. The molecule has 0 aliphatic rings. The minimum Gasteiger partial charge on any atom is -0.318 e. The van der Waals surface area contributed by atoms with E-state index in [2.05, 4.69) is 26.0 Å². The van der Waals surface area contributed by atoms with Crippen molar-refractivity contribution in [1.82, 2.24) is 14.8 Å². The first-order valence-corrected chi connectivity index (χ1v) is 5.69. The van der Waals surface area contributed by atoms with Crippen molar-refractivity contribution in [2.75, 3.05) is 0 Å². The van der Waals surface area contributed by atoms with E-state index < -0.39 is 0 Å². The second-order valence-electron chi connectivity index (χ2n) is 2.90. The normalized spacial score (nSPS) is 13.1. The maximum Gasteiger partial charge on any atom is 0.148 e. The van der Waals surface area contributed by atoms with E-state index in [0.717, 1.165) is 15.2 Å². The van der Waals surface area contributed by atoms with Crippen LogP contribution in [-0.4, -0.2) is 14.8 Å². The van der Waals surface area contributed by atoms with Gasteiger partial charge in [0.05, 0.1) is 9.83 Å². The fourth-order valence-electron chi connectivity index (χ4n) is 1.22. The second kappa shape index (κ2) is 3.80. The second-order valence-corrected chi connectivity index (χ2v) is 5.19. The summed E-state index contributed by atoms with van der Waals surface area (Å²) in [5, 5.41) is 6.00. The fourth-order valence-corrected chi connectivity index (χ4v) is 2.43. The molecule has 0 aliphatic carbocycles. The summed E-state index contributed by atoms with van der Waals surface area (Å²) >= 11 is 5.02. The van der Waals surface area contributed by atoms with E-state index in [-0.39, 0.29) is 6.04 Å². The number of aromatic nitrogens is 3. The van der Waals surface area contributed by atoms with Crippen LogP contribution >= 0.6 is 27.3 Å². The Morgan fingerprint density at radius 1 is 1.64 bits per heavy atom. The van der Waals surface area contributed by atoms with Crippen LogP contribution in [0.5, 0.6) is 0 Å². The molecule has 0 fully saturated rings. The van der Waals surface area contributed by atoms with Crippen LogP contribution in [0.25, 0.3) is 0 Å². The van der Waals surface area contributed by atoms with Gasteiger partial charge in [-0.15, -0.1) is 11.3 Å². The number of hydrogen-bond acceptors (Lipinski definition) is 4. The highest BCUT2D eigenvalue weighted by atomic mass is 79.9. The van der Waals surface area contributed by atoms with Crippen LogP contribution in [0.15, 0.2) is 21.6 Å². The first-order chi connectivity index (χ1) is 6.68. The van der Waals surface area contributed by atoms with Gasteiger partial charge in [0, 0.05) is 7.05 Å². The van der Waals surface area contributed by atoms with Crippen LogP contribution in [0.4, 0.5) is 0 Å². The first kappa shape index (κ1) is 9.82. The summed E-state index contributed by atoms with van der Waals surface area (Å²) in [6.45, 7) is 0. The lowest BCUT2D eigenvalue weighted by Gasteiger charge is -2.07. The third kappa shape index (κ3) is 1.73. The van der Waals surface area contributed by atoms with Gasteiger partial charge in [-0.2, -0.15) is 5.10 Å². The third-order valence-electron chi connectivity index (χ3n) is 1.97. The summed E-state index contributed by atoms with van der Waals surface area (Å²) in [5.41, 5.74) is 7.09. The Morgan fingerprint density at radius 3 is 2.93 bits per heavy atom. The van der Waals surface area contributed by atoms with Gasteiger partial charge in [-0.05, 0) is 32.9 Å². The van der Waals surface area contributed by atoms with Gasteiger partial charge in [0.25, 0.3) is 0 Å². The molecule has 6 heteroatoms. The Balaban J connectivity index is 2.33. The van der Waals surface area contributed by atoms with Crippen LogP contribution in [0.1, 0.15) is 17.4 Å². The lowest BCUT2D eigenvalue weighted by atomic mass is 10.1. The van der Waals surface area contributed by atoms with E-state index in [1.54, 1.807) is 16.0 Å². The highest BCUT2D eigenvalue weighted by Crippen LogP contribution is 2.26. The van der Waals surface area contributed by atoms with Crippen molar-refractivity contribution < 1.29 is 0 Å². The van der Waals surface area contributed by atoms with E-state index in [9.17, 15) is 0 Å². The zero-order valence-electron chi connectivity index (χ0n) is 7.51. The van der Waals surface area contributed by atoms with Crippen molar-refractivity contribution in [3.8, 4) is 0 Å². The Kier molecular flexibility index (Phi) is 2.66. The number of nitrogens with zero attached hydrogens (tertiary/aromatic N) is 3. The number of hydrogen-bond donors (Lipinski definition) is 1. The van der Waals surface area contributed by atoms with Gasteiger partial charge in [0.2, 0.25) is 0 Å². The van der Waals surface area contributed by atoms with Gasteiger partial charge in [0.15, 0.2) is 0 Å². The molecule has 2 aromatic rings. The largest absolute Gasteiger partial charge is 0.318 e. The molecule has 0 saturated carbocycles. The number of nitrogens with two attached hydrogens (primary N) is 1. The molecule has 1 unspecified atom stereocenters. The molecule has 2 aromatic heterocycles. The van der Waals surface area contributed by atoms with Gasteiger partial charge in [-0.1, -0.05) is 0 Å². The van der Waals surface area contributed by atoms with E-state index in [0.29, 0.717) is 0 Å². The molecule has 2 heterocycles. The van der Waals surface area contributed by atoms with Gasteiger partial charge in [-0.3, -0.25) is 4.68 Å². The smallest absolute Gasteiger partial charge is 0.148 e. The molecule has 0 amide bonds. The molecule has 2 N–H and O–H groups in total. The van der Waals surface area contributed by atoms with E-state index in [1.807, 2.05) is 18.5 Å². The highest BCUT2D eigenvalue weighted by molar-refractivity contribution is 9.11. The standard InChI is InChI=1S/C8H9BrN4S/c1-13-8(11-4-12-13)7(10)5-2-6(9)14-3-5/h2-4,7H,10H2,1H3. The summed E-state index contributed by atoms with van der Waals surface area (Å²) in [7, 11) is 1.84. The molecule has 14 heavy (non-hydrogen) atoms. The van der Waals surface area contributed by atoms with Crippen molar-refractivity contribution >= 4 is 27.3 Å². The monoisotopic (exact) mass is 272 g/mol. The summed E-state index contributed by atoms with van der Waals surface area (Å²) in [6.07, 6.45) is 1.51. The van der Waals surface area contributed by atoms with Crippen LogP contribution in [0.3, 0.4) is 0 Å². The minimum absolute atomic E-state index is 0.204. The Bertz CT molecular complexity index is 436. The molecule has 0 aliphatic heterocycles. The lowest BCUT2D eigenvalue weighted by Crippen LogP contribution is -2.16. The fraction of sp³-hybridized carbons (Fsp3) is 0.250. The van der Waals surface area contributed by atoms with Crippen LogP contribution < -0.4 is 5.73 Å². The molecule has 4 nitrogen and oxygen atoms in total. The zero-order valence-corrected chi connectivity index (χ0v) is 9.92. The zero-order chi connectivity index (χ0) is 10.1. The van der Waals surface area contributed by atoms with Crippen molar-refractivity contribution in [2.24, 2.45) is 12.8 Å². The first-order valence-electron chi connectivity index (χ1n) is 4.02. The van der Waals surface area contributed by atoms with E-state index >= 15 is 0 Å². The van der Waals surface area contributed by atoms with Crippen LogP contribution in [-0.2, 0) is 7.05 Å². The number of thiophene rings is 1. The molecule has 0 saturated heterocycles. The Hall–Kier alpha value is -0.720. The summed E-state index contributed by atoms with van der Waals surface area (Å²) < 4.78 is 2.76. The summed E-state index contributed by atoms with van der Waals surface area (Å²) in [6, 6.07) is 1.80. The maximum atomic E-state index is 6.04. The molecule has 2 rings (SSSR count). The molecule has 74 valence electrons. The molecular formula is C8H9BrN4S. The van der Waals surface area contributed by atoms with Crippen LogP contribution in [0.2, 0.25) is 0 Å². The SMILES string of the molecule is Cn1ncnc1C(N)c1csc(Br)c1. The number of rotatable bonds is 2. The van der Waals surface area contributed by atoms with Gasteiger partial charge < -0.3 is 5.73 Å². The van der Waals surface area contributed by atoms with E-state index in [4.69, 9.17) is 5.73 Å². The quantitative estimate of drug-likeness (QED) is 0.905. The molecule has 0 aromatic carbocycles. The molecule has 0 spiro atoms. The average molecular weight is 273 g/mol. The maximum absolute atomic E-state index is 6.04. The van der Waals surface area contributed by atoms with Gasteiger partial charge >= 0.3 is 0 Å². The average Bonchev–Trinajstić information content (AvgIpc) is 2.73.